The topological polar surface area (TPSA) is 61.4 Å². The van der Waals surface area contributed by atoms with Gasteiger partial charge in [-0.05, 0) is 45.4 Å². The Morgan fingerprint density at radius 3 is 2.41 bits per heavy atom. The van der Waals surface area contributed by atoms with Crippen LogP contribution in [0.15, 0.2) is 18.2 Å². The van der Waals surface area contributed by atoms with E-state index in [2.05, 4.69) is 17.6 Å². The lowest BCUT2D eigenvalue weighted by molar-refractivity contribution is -0.123. The monoisotopic (exact) mass is 305 g/mol. The average Bonchev–Trinajstić information content (AvgIpc) is 2.39. The van der Waals surface area contributed by atoms with Gasteiger partial charge in [-0.25, -0.2) is 0 Å². The number of likely N-dealkylation sites (N-methyl/N-ethyl adjacent to an activating group) is 1. The van der Waals surface area contributed by atoms with Crippen LogP contribution >= 0.6 is 0 Å². The van der Waals surface area contributed by atoms with Gasteiger partial charge in [0.15, 0.2) is 0 Å². The van der Waals surface area contributed by atoms with Crippen LogP contribution in [0.2, 0.25) is 0 Å². The zero-order valence-electron chi connectivity index (χ0n) is 14.2. The maximum atomic E-state index is 12.2. The van der Waals surface area contributed by atoms with Gasteiger partial charge in [0.2, 0.25) is 11.8 Å². The fourth-order valence-corrected chi connectivity index (χ4v) is 2.29. The molecule has 2 N–H and O–H groups in total. The van der Waals surface area contributed by atoms with Gasteiger partial charge >= 0.3 is 0 Å². The number of amides is 2. The summed E-state index contributed by atoms with van der Waals surface area (Å²) < 4.78 is 0. The summed E-state index contributed by atoms with van der Waals surface area (Å²) in [6, 6.07) is 6.09. The number of nitrogens with zero attached hydrogens (tertiary/aromatic N) is 1. The summed E-state index contributed by atoms with van der Waals surface area (Å²) in [7, 11) is 1.76. The SMILES string of the molecule is CCc1cccc(C)c1NC(=O)CN(C)CC(=O)NC(C)C. The molecule has 0 spiro atoms. The van der Waals surface area contributed by atoms with Crippen molar-refractivity contribution in [3.63, 3.8) is 0 Å². The van der Waals surface area contributed by atoms with E-state index < -0.39 is 0 Å². The number of hydrogen-bond donors (Lipinski definition) is 2. The molecule has 0 aliphatic carbocycles. The molecule has 0 atom stereocenters. The molecule has 1 rings (SSSR count). The predicted octanol–water partition coefficient (Wildman–Crippen LogP) is 1.95. The van der Waals surface area contributed by atoms with Crippen LogP contribution < -0.4 is 10.6 Å². The molecule has 0 saturated carbocycles. The van der Waals surface area contributed by atoms with Crippen molar-refractivity contribution in [2.24, 2.45) is 0 Å². The Morgan fingerprint density at radius 2 is 1.82 bits per heavy atom. The van der Waals surface area contributed by atoms with Gasteiger partial charge in [0.05, 0.1) is 13.1 Å². The van der Waals surface area contributed by atoms with Crippen molar-refractivity contribution in [1.29, 1.82) is 0 Å². The van der Waals surface area contributed by atoms with Crippen molar-refractivity contribution in [2.75, 3.05) is 25.5 Å². The summed E-state index contributed by atoms with van der Waals surface area (Å²) in [5.41, 5.74) is 3.05. The molecule has 1 aromatic carbocycles. The first-order valence-corrected chi connectivity index (χ1v) is 7.69. The number of aryl methyl sites for hydroxylation is 2. The average molecular weight is 305 g/mol. The molecule has 0 bridgehead atoms. The molecule has 0 heterocycles. The lowest BCUT2D eigenvalue weighted by Crippen LogP contribution is -2.41. The summed E-state index contributed by atoms with van der Waals surface area (Å²) in [5, 5.41) is 5.77. The van der Waals surface area contributed by atoms with E-state index in [0.29, 0.717) is 0 Å². The van der Waals surface area contributed by atoms with Gasteiger partial charge < -0.3 is 10.6 Å². The molecule has 0 aromatic heterocycles. The minimum absolute atomic E-state index is 0.0737. The minimum atomic E-state index is -0.108. The van der Waals surface area contributed by atoms with E-state index in [4.69, 9.17) is 0 Å². The Bertz CT molecular complexity index is 527. The fraction of sp³-hybridized carbons (Fsp3) is 0.529. The molecular formula is C17H27N3O2. The van der Waals surface area contributed by atoms with Crippen molar-refractivity contribution in [1.82, 2.24) is 10.2 Å². The number of benzene rings is 1. The van der Waals surface area contributed by atoms with Crippen LogP contribution in [0, 0.1) is 6.92 Å². The lowest BCUT2D eigenvalue weighted by Gasteiger charge is -2.18. The highest BCUT2D eigenvalue weighted by atomic mass is 16.2. The molecule has 0 aliphatic rings. The summed E-state index contributed by atoms with van der Waals surface area (Å²) in [4.78, 5) is 25.5. The third-order valence-corrected chi connectivity index (χ3v) is 3.28. The van der Waals surface area contributed by atoms with E-state index in [1.807, 2.05) is 39.0 Å². The number of hydrogen-bond acceptors (Lipinski definition) is 3. The number of nitrogens with one attached hydrogen (secondary N) is 2. The third kappa shape index (κ3) is 5.85. The normalized spacial score (nSPS) is 10.9. The molecule has 122 valence electrons. The number of carbonyl (C=O) groups excluding carboxylic acids is 2. The van der Waals surface area contributed by atoms with Crippen LogP contribution in [0.25, 0.3) is 0 Å². The second-order valence-corrected chi connectivity index (χ2v) is 5.91. The van der Waals surface area contributed by atoms with E-state index in [0.717, 1.165) is 23.2 Å². The molecule has 0 saturated heterocycles. The highest BCUT2D eigenvalue weighted by molar-refractivity contribution is 5.94. The zero-order valence-corrected chi connectivity index (χ0v) is 14.2. The number of carbonyl (C=O) groups is 2. The smallest absolute Gasteiger partial charge is 0.238 e. The Labute approximate surface area is 133 Å². The first-order valence-electron chi connectivity index (χ1n) is 7.69. The largest absolute Gasteiger partial charge is 0.353 e. The van der Waals surface area contributed by atoms with Crippen molar-refractivity contribution in [3.05, 3.63) is 29.3 Å². The fourth-order valence-electron chi connectivity index (χ4n) is 2.29. The van der Waals surface area contributed by atoms with Crippen LogP contribution in [0.5, 0.6) is 0 Å². The van der Waals surface area contributed by atoms with Gasteiger partial charge in [-0.1, -0.05) is 25.1 Å². The van der Waals surface area contributed by atoms with E-state index in [1.165, 1.54) is 0 Å². The van der Waals surface area contributed by atoms with Crippen molar-refractivity contribution in [3.8, 4) is 0 Å². The summed E-state index contributed by atoms with van der Waals surface area (Å²) in [5.74, 6) is -0.181. The predicted molar refractivity (Wildman–Crippen MR) is 90.0 cm³/mol. The maximum Gasteiger partial charge on any atom is 0.238 e. The van der Waals surface area contributed by atoms with E-state index >= 15 is 0 Å². The van der Waals surface area contributed by atoms with Crippen molar-refractivity contribution >= 4 is 17.5 Å². The van der Waals surface area contributed by atoms with Crippen LogP contribution in [0.1, 0.15) is 31.9 Å². The van der Waals surface area contributed by atoms with Gasteiger partial charge in [0.25, 0.3) is 0 Å². The van der Waals surface area contributed by atoms with Gasteiger partial charge in [-0.3, -0.25) is 14.5 Å². The first-order chi connectivity index (χ1) is 10.3. The van der Waals surface area contributed by atoms with Gasteiger partial charge in [-0.15, -0.1) is 0 Å². The summed E-state index contributed by atoms with van der Waals surface area (Å²) >= 11 is 0. The highest BCUT2D eigenvalue weighted by Crippen LogP contribution is 2.20. The van der Waals surface area contributed by atoms with Gasteiger partial charge in [0.1, 0.15) is 0 Å². The molecule has 5 heteroatoms. The lowest BCUT2D eigenvalue weighted by atomic mass is 10.1. The highest BCUT2D eigenvalue weighted by Gasteiger charge is 2.13. The number of anilines is 1. The van der Waals surface area contributed by atoms with Crippen LogP contribution in [-0.2, 0) is 16.0 Å². The molecule has 22 heavy (non-hydrogen) atoms. The molecule has 0 aliphatic heterocycles. The Hall–Kier alpha value is -1.88. The standard InChI is InChI=1S/C17H27N3O2/c1-6-14-9-7-8-13(4)17(14)19-16(22)11-20(5)10-15(21)18-12(2)3/h7-9,12H,6,10-11H2,1-5H3,(H,18,21)(H,19,22). The first kappa shape index (κ1) is 18.2. The molecular weight excluding hydrogens is 278 g/mol. The van der Waals surface area contributed by atoms with Crippen LogP contribution in [-0.4, -0.2) is 42.9 Å². The molecule has 0 fully saturated rings. The Kier molecular flexibility index (Phi) is 7.05. The van der Waals surface area contributed by atoms with Crippen molar-refractivity contribution < 1.29 is 9.59 Å². The minimum Gasteiger partial charge on any atom is -0.353 e. The molecule has 0 unspecified atom stereocenters. The van der Waals surface area contributed by atoms with Crippen LogP contribution in [0.3, 0.4) is 0 Å². The quantitative estimate of drug-likeness (QED) is 0.809. The Morgan fingerprint density at radius 1 is 1.18 bits per heavy atom. The molecule has 1 aromatic rings. The zero-order chi connectivity index (χ0) is 16.7. The molecule has 0 radical (unpaired) electrons. The molecule has 2 amide bonds. The van der Waals surface area contributed by atoms with Crippen LogP contribution in [0.4, 0.5) is 5.69 Å². The number of rotatable bonds is 7. The third-order valence-electron chi connectivity index (χ3n) is 3.28. The van der Waals surface area contributed by atoms with Gasteiger partial charge in [0, 0.05) is 11.7 Å². The second kappa shape index (κ2) is 8.54. The second-order valence-electron chi connectivity index (χ2n) is 5.91. The summed E-state index contributed by atoms with van der Waals surface area (Å²) in [6.45, 7) is 8.26. The molecule has 5 nitrogen and oxygen atoms in total. The van der Waals surface area contributed by atoms with Crippen molar-refractivity contribution in [2.45, 2.75) is 40.2 Å². The Balaban J connectivity index is 2.58. The van der Waals surface area contributed by atoms with E-state index in [1.54, 1.807) is 11.9 Å². The van der Waals surface area contributed by atoms with E-state index in [9.17, 15) is 9.59 Å². The summed E-state index contributed by atoms with van der Waals surface area (Å²) in [6.07, 6.45) is 0.865. The number of para-hydroxylation sites is 1. The van der Waals surface area contributed by atoms with E-state index in [-0.39, 0.29) is 30.9 Å². The van der Waals surface area contributed by atoms with Gasteiger partial charge in [-0.2, -0.15) is 0 Å². The maximum absolute atomic E-state index is 12.2.